The largest absolute Gasteiger partial charge is 0.495 e. The summed E-state index contributed by atoms with van der Waals surface area (Å²) in [4.78, 5) is 25.4. The van der Waals surface area contributed by atoms with Gasteiger partial charge in [-0.25, -0.2) is 0 Å². The number of carbonyl (C=O) groups is 2. The highest BCUT2D eigenvalue weighted by Gasteiger charge is 2.20. The molecule has 0 atom stereocenters. The van der Waals surface area contributed by atoms with E-state index >= 15 is 0 Å². The molecule has 0 aliphatic heterocycles. The van der Waals surface area contributed by atoms with Crippen molar-refractivity contribution < 1.29 is 23.8 Å². The lowest BCUT2D eigenvalue weighted by Gasteiger charge is -2.14. The van der Waals surface area contributed by atoms with Crippen LogP contribution in [-0.2, 0) is 11.3 Å². The van der Waals surface area contributed by atoms with E-state index in [-0.39, 0.29) is 24.1 Å². The Balaban J connectivity index is 1.54. The van der Waals surface area contributed by atoms with Gasteiger partial charge in [-0.15, -0.1) is 20.4 Å². The normalized spacial score (nSPS) is 10.6. The van der Waals surface area contributed by atoms with Crippen LogP contribution in [0.4, 0.5) is 5.13 Å². The van der Waals surface area contributed by atoms with Crippen LogP contribution in [0.2, 0.25) is 0 Å². The molecule has 12 nitrogen and oxygen atoms in total. The number of amides is 2. The molecule has 2 N–H and O–H groups in total. The summed E-state index contributed by atoms with van der Waals surface area (Å²) in [7, 11) is 4.59. The van der Waals surface area contributed by atoms with Gasteiger partial charge in [0.05, 0.1) is 39.3 Å². The molecule has 0 unspecified atom stereocenters. The number of nitrogens with zero attached hydrogens (tertiary/aromatic N) is 5. The number of nitrogens with one attached hydrogen (secondary N) is 2. The number of rotatable bonds is 11. The lowest BCUT2D eigenvalue weighted by molar-refractivity contribution is -0.113. The van der Waals surface area contributed by atoms with E-state index in [1.807, 2.05) is 25.1 Å². The molecule has 0 aliphatic rings. The van der Waals surface area contributed by atoms with Gasteiger partial charge >= 0.3 is 0 Å². The van der Waals surface area contributed by atoms with E-state index in [1.165, 1.54) is 37.3 Å². The minimum atomic E-state index is -0.332. The van der Waals surface area contributed by atoms with Crippen molar-refractivity contribution >= 4 is 40.0 Å². The number of aryl methyl sites for hydroxylation is 1. The lowest BCUT2D eigenvalue weighted by Crippen LogP contribution is -2.25. The van der Waals surface area contributed by atoms with Crippen molar-refractivity contribution in [2.24, 2.45) is 0 Å². The molecule has 2 amide bonds. The number of thioether (sulfide) groups is 1. The monoisotopic (exact) mass is 555 g/mol. The van der Waals surface area contributed by atoms with E-state index in [0.717, 1.165) is 5.01 Å². The summed E-state index contributed by atoms with van der Waals surface area (Å²) in [6.07, 6.45) is 0. The van der Waals surface area contributed by atoms with Gasteiger partial charge in [-0.1, -0.05) is 35.2 Å². The zero-order valence-electron chi connectivity index (χ0n) is 21.0. The highest BCUT2D eigenvalue weighted by atomic mass is 32.2. The number of hydrogen-bond acceptors (Lipinski definition) is 11. The Labute approximate surface area is 226 Å². The number of methoxy groups -OCH3 is 3. The minimum Gasteiger partial charge on any atom is -0.495 e. The highest BCUT2D eigenvalue weighted by molar-refractivity contribution is 7.99. The first kappa shape index (κ1) is 26.9. The van der Waals surface area contributed by atoms with Crippen molar-refractivity contribution in [2.75, 3.05) is 32.4 Å². The zero-order chi connectivity index (χ0) is 27.1. The molecule has 38 heavy (non-hydrogen) atoms. The SMILES string of the molecule is COc1ccc(C(=O)NCc2nnc(SCC(=O)Nc3nnc(C)s3)n2-c2ccccc2OC)cc1OC. The number of hydrogen-bond donors (Lipinski definition) is 2. The van der Waals surface area contributed by atoms with Gasteiger partial charge in [0.2, 0.25) is 11.0 Å². The van der Waals surface area contributed by atoms with Crippen molar-refractivity contribution in [3.8, 4) is 22.9 Å². The summed E-state index contributed by atoms with van der Waals surface area (Å²) >= 11 is 2.48. The second-order valence-electron chi connectivity index (χ2n) is 7.62. The third-order valence-electron chi connectivity index (χ3n) is 5.18. The fourth-order valence-corrected chi connectivity index (χ4v) is 4.81. The average molecular weight is 556 g/mol. The van der Waals surface area contributed by atoms with E-state index in [0.29, 0.717) is 44.6 Å². The molecule has 2 aromatic heterocycles. The molecule has 0 spiro atoms. The predicted molar refractivity (Wildman–Crippen MR) is 143 cm³/mol. The van der Waals surface area contributed by atoms with Gasteiger partial charge in [0.25, 0.3) is 5.91 Å². The Morgan fingerprint density at radius 2 is 1.71 bits per heavy atom. The maximum absolute atomic E-state index is 12.9. The molecule has 0 aliphatic carbocycles. The van der Waals surface area contributed by atoms with Crippen LogP contribution in [0.5, 0.6) is 17.2 Å². The quantitative estimate of drug-likeness (QED) is 0.265. The van der Waals surface area contributed by atoms with Crippen LogP contribution in [0, 0.1) is 6.92 Å². The van der Waals surface area contributed by atoms with Gasteiger partial charge < -0.3 is 19.5 Å². The molecule has 0 saturated carbocycles. The van der Waals surface area contributed by atoms with E-state index in [9.17, 15) is 9.59 Å². The van der Waals surface area contributed by atoms with Gasteiger partial charge in [0, 0.05) is 5.56 Å². The Bertz CT molecular complexity index is 1440. The molecule has 4 rings (SSSR count). The molecule has 2 heterocycles. The number of benzene rings is 2. The van der Waals surface area contributed by atoms with Gasteiger partial charge in [-0.2, -0.15) is 0 Å². The van der Waals surface area contributed by atoms with Crippen molar-refractivity contribution in [1.29, 1.82) is 0 Å². The van der Waals surface area contributed by atoms with Crippen LogP contribution in [0.25, 0.3) is 5.69 Å². The van der Waals surface area contributed by atoms with Gasteiger partial charge in [0.1, 0.15) is 10.8 Å². The highest BCUT2D eigenvalue weighted by Crippen LogP contribution is 2.30. The van der Waals surface area contributed by atoms with Gasteiger partial charge in [0.15, 0.2) is 22.5 Å². The molecule has 2 aromatic carbocycles. The third-order valence-corrected chi connectivity index (χ3v) is 6.87. The number of para-hydroxylation sites is 2. The Hall–Kier alpha value is -4.17. The molecular weight excluding hydrogens is 530 g/mol. The van der Waals surface area contributed by atoms with Crippen LogP contribution >= 0.6 is 23.1 Å². The molecular formula is C24H25N7O5S2. The number of anilines is 1. The molecule has 0 fully saturated rings. The van der Waals surface area contributed by atoms with Crippen LogP contribution in [0.15, 0.2) is 47.6 Å². The second-order valence-corrected chi connectivity index (χ2v) is 9.75. The number of ether oxygens (including phenoxy) is 3. The molecule has 198 valence electrons. The van der Waals surface area contributed by atoms with Crippen LogP contribution in [-0.4, -0.2) is 63.9 Å². The fraction of sp³-hybridized carbons (Fsp3) is 0.250. The first-order valence-corrected chi connectivity index (χ1v) is 13.0. The standard InChI is InChI=1S/C24H25N7O5S2/c1-14-27-29-23(38-14)26-21(32)13-37-24-30-28-20(31(24)16-7-5-6-8-17(16)34-2)12-25-22(33)15-9-10-18(35-3)19(11-15)36-4/h5-11H,12-13H2,1-4H3,(H,25,33)(H,26,29,32). The summed E-state index contributed by atoms with van der Waals surface area (Å²) in [5.74, 6) is 1.46. The first-order chi connectivity index (χ1) is 18.4. The second kappa shape index (κ2) is 12.4. The molecule has 0 saturated heterocycles. The number of carbonyl (C=O) groups excluding carboxylic acids is 2. The fourth-order valence-electron chi connectivity index (χ4n) is 3.44. The maximum Gasteiger partial charge on any atom is 0.251 e. The molecule has 14 heteroatoms. The summed E-state index contributed by atoms with van der Waals surface area (Å²) in [5.41, 5.74) is 1.06. The molecule has 0 bridgehead atoms. The summed E-state index contributed by atoms with van der Waals surface area (Å²) in [6.45, 7) is 1.87. The smallest absolute Gasteiger partial charge is 0.251 e. The number of aromatic nitrogens is 5. The van der Waals surface area contributed by atoms with E-state index < -0.39 is 0 Å². The zero-order valence-corrected chi connectivity index (χ0v) is 22.7. The molecule has 4 aromatic rings. The third kappa shape index (κ3) is 6.20. The van der Waals surface area contributed by atoms with Crippen molar-refractivity contribution in [2.45, 2.75) is 18.6 Å². The van der Waals surface area contributed by atoms with E-state index in [2.05, 4.69) is 31.0 Å². The predicted octanol–water partition coefficient (Wildman–Crippen LogP) is 3.11. The summed E-state index contributed by atoms with van der Waals surface area (Å²) in [5, 5.41) is 23.6. The van der Waals surface area contributed by atoms with Crippen LogP contribution < -0.4 is 24.8 Å². The minimum absolute atomic E-state index is 0.0594. The molecule has 0 radical (unpaired) electrons. The first-order valence-electron chi connectivity index (χ1n) is 11.2. The maximum atomic E-state index is 12.9. The van der Waals surface area contributed by atoms with Gasteiger partial charge in [-0.3, -0.25) is 19.5 Å². The topological polar surface area (TPSA) is 142 Å². The average Bonchev–Trinajstić information content (AvgIpc) is 3.54. The summed E-state index contributed by atoms with van der Waals surface area (Å²) in [6, 6.07) is 12.2. The Kier molecular flexibility index (Phi) is 8.76. The van der Waals surface area contributed by atoms with Crippen molar-refractivity contribution in [3.63, 3.8) is 0 Å². The Morgan fingerprint density at radius 3 is 2.42 bits per heavy atom. The van der Waals surface area contributed by atoms with Crippen molar-refractivity contribution in [3.05, 3.63) is 58.9 Å². The van der Waals surface area contributed by atoms with Crippen LogP contribution in [0.1, 0.15) is 21.2 Å². The summed E-state index contributed by atoms with van der Waals surface area (Å²) < 4.78 is 17.8. The van der Waals surface area contributed by atoms with Crippen molar-refractivity contribution in [1.82, 2.24) is 30.3 Å². The Morgan fingerprint density at radius 1 is 0.947 bits per heavy atom. The van der Waals surface area contributed by atoms with Gasteiger partial charge in [-0.05, 0) is 37.3 Å². The van der Waals surface area contributed by atoms with E-state index in [4.69, 9.17) is 14.2 Å². The van der Waals surface area contributed by atoms with E-state index in [1.54, 1.807) is 35.9 Å². The lowest BCUT2D eigenvalue weighted by atomic mass is 10.2. The van der Waals surface area contributed by atoms with Crippen LogP contribution in [0.3, 0.4) is 0 Å².